The van der Waals surface area contributed by atoms with Crippen LogP contribution in [0.3, 0.4) is 0 Å². The van der Waals surface area contributed by atoms with Gasteiger partial charge in [0.15, 0.2) is 0 Å². The lowest BCUT2D eigenvalue weighted by Crippen LogP contribution is -2.39. The Labute approximate surface area is 131 Å². The SMILES string of the molecule is COC(=O)N1CCCC(c2nn(-c3ccc(F)cc3)c(=O)[nH]2)C1. The van der Waals surface area contributed by atoms with Crippen LogP contribution in [0.5, 0.6) is 0 Å². The lowest BCUT2D eigenvalue weighted by molar-refractivity contribution is 0.110. The number of piperidine rings is 1. The number of carbonyl (C=O) groups excluding carboxylic acids is 1. The predicted octanol–water partition coefficient (Wildman–Crippen LogP) is 1.65. The van der Waals surface area contributed by atoms with Gasteiger partial charge in [0.25, 0.3) is 0 Å². The fourth-order valence-corrected chi connectivity index (χ4v) is 2.78. The van der Waals surface area contributed by atoms with Gasteiger partial charge in [0.2, 0.25) is 0 Å². The van der Waals surface area contributed by atoms with E-state index in [4.69, 9.17) is 4.74 Å². The molecular weight excluding hydrogens is 303 g/mol. The minimum absolute atomic E-state index is 0.0581. The maximum atomic E-state index is 13.0. The summed E-state index contributed by atoms with van der Waals surface area (Å²) in [5, 5.41) is 4.30. The molecule has 0 saturated carbocycles. The van der Waals surface area contributed by atoms with Crippen LogP contribution in [0.2, 0.25) is 0 Å². The Morgan fingerprint density at radius 3 is 2.83 bits per heavy atom. The summed E-state index contributed by atoms with van der Waals surface area (Å²) in [4.78, 5) is 28.1. The number of aromatic nitrogens is 3. The summed E-state index contributed by atoms with van der Waals surface area (Å²) in [6.07, 6.45) is 1.25. The Kier molecular flexibility index (Phi) is 4.14. The van der Waals surface area contributed by atoms with Gasteiger partial charge in [-0.3, -0.25) is 4.98 Å². The van der Waals surface area contributed by atoms with Crippen molar-refractivity contribution in [1.82, 2.24) is 19.7 Å². The number of hydrogen-bond acceptors (Lipinski definition) is 4. The van der Waals surface area contributed by atoms with Crippen LogP contribution in [-0.2, 0) is 4.74 Å². The highest BCUT2D eigenvalue weighted by molar-refractivity contribution is 5.67. The number of hydrogen-bond donors (Lipinski definition) is 1. The minimum Gasteiger partial charge on any atom is -0.453 e. The van der Waals surface area contributed by atoms with Crippen molar-refractivity contribution >= 4 is 6.09 Å². The third-order valence-corrected chi connectivity index (χ3v) is 3.95. The lowest BCUT2D eigenvalue weighted by atomic mass is 9.98. The number of nitrogens with one attached hydrogen (secondary N) is 1. The van der Waals surface area contributed by atoms with Crippen LogP contribution < -0.4 is 5.69 Å². The molecule has 0 spiro atoms. The van der Waals surface area contributed by atoms with Crippen molar-refractivity contribution in [2.24, 2.45) is 0 Å². The quantitative estimate of drug-likeness (QED) is 0.912. The molecule has 23 heavy (non-hydrogen) atoms. The Balaban J connectivity index is 1.84. The molecule has 1 aliphatic heterocycles. The molecule has 0 bridgehead atoms. The number of aromatic amines is 1. The first-order chi connectivity index (χ1) is 11.1. The molecule has 1 saturated heterocycles. The number of ether oxygens (including phenoxy) is 1. The first-order valence-corrected chi connectivity index (χ1v) is 7.36. The molecule has 1 atom stereocenters. The molecule has 2 aromatic rings. The second-order valence-corrected chi connectivity index (χ2v) is 5.46. The first-order valence-electron chi connectivity index (χ1n) is 7.36. The molecule has 1 aromatic carbocycles. The van der Waals surface area contributed by atoms with Gasteiger partial charge in [0.05, 0.1) is 12.8 Å². The molecule has 1 fully saturated rings. The zero-order chi connectivity index (χ0) is 16.4. The standard InChI is InChI=1S/C15H17FN4O3/c1-23-15(22)19-8-2-3-10(9-19)13-17-14(21)20(18-13)12-6-4-11(16)5-7-12/h4-7,10H,2-3,8-9H2,1H3,(H,17,18,21). The van der Waals surface area contributed by atoms with Crippen LogP contribution in [0.4, 0.5) is 9.18 Å². The van der Waals surface area contributed by atoms with Gasteiger partial charge in [-0.25, -0.2) is 14.0 Å². The van der Waals surface area contributed by atoms with Crippen molar-refractivity contribution in [2.45, 2.75) is 18.8 Å². The minimum atomic E-state index is -0.387. The topological polar surface area (TPSA) is 80.2 Å². The van der Waals surface area contributed by atoms with Crippen LogP contribution in [0, 0.1) is 5.82 Å². The molecule has 3 rings (SSSR count). The van der Waals surface area contributed by atoms with Crippen molar-refractivity contribution in [2.75, 3.05) is 20.2 Å². The summed E-state index contributed by atoms with van der Waals surface area (Å²) in [5.41, 5.74) is 0.0985. The fourth-order valence-electron chi connectivity index (χ4n) is 2.78. The molecule has 2 heterocycles. The van der Waals surface area contributed by atoms with Crippen molar-refractivity contribution in [3.63, 3.8) is 0 Å². The number of rotatable bonds is 2. The van der Waals surface area contributed by atoms with E-state index >= 15 is 0 Å². The average Bonchev–Trinajstić information content (AvgIpc) is 2.97. The molecule has 7 nitrogen and oxygen atoms in total. The summed E-state index contributed by atoms with van der Waals surface area (Å²) in [5.74, 6) is 0.0868. The Bertz CT molecular complexity index is 753. The summed E-state index contributed by atoms with van der Waals surface area (Å²) in [6.45, 7) is 1.08. The average molecular weight is 320 g/mol. The highest BCUT2D eigenvalue weighted by atomic mass is 19.1. The van der Waals surface area contributed by atoms with Gasteiger partial charge in [0.1, 0.15) is 11.6 Å². The smallest absolute Gasteiger partial charge is 0.409 e. The number of benzene rings is 1. The van der Waals surface area contributed by atoms with Gasteiger partial charge in [-0.05, 0) is 37.1 Å². The van der Waals surface area contributed by atoms with E-state index in [1.807, 2.05) is 0 Å². The zero-order valence-corrected chi connectivity index (χ0v) is 12.7. The third-order valence-electron chi connectivity index (χ3n) is 3.95. The summed E-state index contributed by atoms with van der Waals surface area (Å²) >= 11 is 0. The largest absolute Gasteiger partial charge is 0.453 e. The number of H-pyrrole nitrogens is 1. The number of halogens is 1. The summed E-state index contributed by atoms with van der Waals surface area (Å²) < 4.78 is 18.9. The van der Waals surface area contributed by atoms with Gasteiger partial charge in [-0.15, -0.1) is 5.10 Å². The number of carbonyl (C=O) groups is 1. The molecule has 0 aliphatic carbocycles. The van der Waals surface area contributed by atoms with Crippen molar-refractivity contribution in [3.05, 3.63) is 46.4 Å². The van der Waals surface area contributed by atoms with E-state index in [9.17, 15) is 14.0 Å². The normalized spacial score (nSPS) is 18.0. The van der Waals surface area contributed by atoms with E-state index in [1.54, 1.807) is 4.90 Å². The van der Waals surface area contributed by atoms with E-state index in [2.05, 4.69) is 10.1 Å². The Morgan fingerprint density at radius 2 is 2.13 bits per heavy atom. The highest BCUT2D eigenvalue weighted by Gasteiger charge is 2.27. The van der Waals surface area contributed by atoms with E-state index in [0.717, 1.165) is 12.8 Å². The van der Waals surface area contributed by atoms with Gasteiger partial charge in [-0.1, -0.05) is 0 Å². The molecule has 8 heteroatoms. The summed E-state index contributed by atoms with van der Waals surface area (Å²) in [7, 11) is 1.34. The number of amides is 1. The Morgan fingerprint density at radius 1 is 1.39 bits per heavy atom. The molecule has 1 N–H and O–H groups in total. The second kappa shape index (κ2) is 6.23. The number of likely N-dealkylation sites (tertiary alicyclic amines) is 1. The van der Waals surface area contributed by atoms with E-state index in [-0.39, 0.29) is 23.5 Å². The summed E-state index contributed by atoms with van der Waals surface area (Å²) in [6, 6.07) is 5.53. The van der Waals surface area contributed by atoms with Gasteiger partial charge < -0.3 is 9.64 Å². The van der Waals surface area contributed by atoms with Crippen LogP contribution in [-0.4, -0.2) is 46.0 Å². The fraction of sp³-hybridized carbons (Fsp3) is 0.400. The lowest BCUT2D eigenvalue weighted by Gasteiger charge is -2.30. The molecule has 1 aromatic heterocycles. The highest BCUT2D eigenvalue weighted by Crippen LogP contribution is 2.24. The zero-order valence-electron chi connectivity index (χ0n) is 12.7. The van der Waals surface area contributed by atoms with Gasteiger partial charge >= 0.3 is 11.8 Å². The third kappa shape index (κ3) is 3.10. The maximum absolute atomic E-state index is 13.0. The predicted molar refractivity (Wildman–Crippen MR) is 80.1 cm³/mol. The van der Waals surface area contributed by atoms with Crippen molar-refractivity contribution in [3.8, 4) is 5.69 Å². The Hall–Kier alpha value is -2.64. The van der Waals surface area contributed by atoms with E-state index in [1.165, 1.54) is 36.1 Å². The van der Waals surface area contributed by atoms with E-state index < -0.39 is 0 Å². The molecule has 1 aliphatic rings. The van der Waals surface area contributed by atoms with Gasteiger partial charge in [-0.2, -0.15) is 4.68 Å². The molecule has 1 unspecified atom stereocenters. The monoisotopic (exact) mass is 320 g/mol. The maximum Gasteiger partial charge on any atom is 0.409 e. The van der Waals surface area contributed by atoms with Crippen LogP contribution >= 0.6 is 0 Å². The van der Waals surface area contributed by atoms with Crippen LogP contribution in [0.25, 0.3) is 5.69 Å². The molecule has 1 amide bonds. The van der Waals surface area contributed by atoms with Crippen LogP contribution in [0.1, 0.15) is 24.6 Å². The molecular formula is C15H17FN4O3. The number of methoxy groups -OCH3 is 1. The van der Waals surface area contributed by atoms with Gasteiger partial charge in [0, 0.05) is 19.0 Å². The number of nitrogens with zero attached hydrogens (tertiary/aromatic N) is 3. The first kappa shape index (κ1) is 15.3. The van der Waals surface area contributed by atoms with E-state index in [0.29, 0.717) is 24.6 Å². The second-order valence-electron chi connectivity index (χ2n) is 5.46. The molecule has 122 valence electrons. The van der Waals surface area contributed by atoms with Crippen molar-refractivity contribution in [1.29, 1.82) is 0 Å². The van der Waals surface area contributed by atoms with Crippen molar-refractivity contribution < 1.29 is 13.9 Å². The molecule has 0 radical (unpaired) electrons. The van der Waals surface area contributed by atoms with Crippen LogP contribution in [0.15, 0.2) is 29.1 Å².